The fourth-order valence-electron chi connectivity index (χ4n) is 3.23. The Balaban J connectivity index is 1.73. The molecule has 0 saturated carbocycles. The van der Waals surface area contributed by atoms with Crippen molar-refractivity contribution >= 4 is 23.0 Å². The molecular weight excluding hydrogens is 365 g/mol. The van der Waals surface area contributed by atoms with Gasteiger partial charge in [0.2, 0.25) is 0 Å². The zero-order valence-electron chi connectivity index (χ0n) is 17.5. The zero-order valence-corrected chi connectivity index (χ0v) is 17.5. The molecule has 2 aromatic carbocycles. The third kappa shape index (κ3) is 5.44. The highest BCUT2D eigenvalue weighted by Gasteiger charge is 2.08. The predicted molar refractivity (Wildman–Crippen MR) is 119 cm³/mol. The molecule has 2 N–H and O–H groups in total. The van der Waals surface area contributed by atoms with E-state index >= 15 is 0 Å². The molecule has 1 aromatic heterocycles. The molecule has 1 heterocycles. The van der Waals surface area contributed by atoms with Crippen LogP contribution in [0.3, 0.4) is 0 Å². The van der Waals surface area contributed by atoms with E-state index < -0.39 is 0 Å². The molecule has 0 radical (unpaired) electrons. The highest BCUT2D eigenvalue weighted by Crippen LogP contribution is 2.25. The average molecular weight is 394 g/mol. The fourth-order valence-corrected chi connectivity index (χ4v) is 3.23. The third-order valence-corrected chi connectivity index (χ3v) is 4.83. The lowest BCUT2D eigenvalue weighted by Gasteiger charge is -2.22. The highest BCUT2D eigenvalue weighted by atomic mass is 19.1. The monoisotopic (exact) mass is 393 g/mol. The Labute approximate surface area is 172 Å². The molecule has 0 aliphatic carbocycles. The van der Waals surface area contributed by atoms with Crippen molar-refractivity contribution in [1.29, 1.82) is 0 Å². The van der Waals surface area contributed by atoms with Crippen molar-refractivity contribution < 1.29 is 4.39 Å². The minimum atomic E-state index is -0.236. The van der Waals surface area contributed by atoms with Crippen molar-refractivity contribution in [1.82, 2.24) is 9.97 Å². The summed E-state index contributed by atoms with van der Waals surface area (Å²) in [5.41, 5.74) is 4.38. The van der Waals surface area contributed by atoms with Crippen LogP contribution in [-0.2, 0) is 6.54 Å². The minimum Gasteiger partial charge on any atom is -0.372 e. The molecule has 0 amide bonds. The molecule has 29 heavy (non-hydrogen) atoms. The van der Waals surface area contributed by atoms with Gasteiger partial charge in [0.1, 0.15) is 23.3 Å². The van der Waals surface area contributed by atoms with E-state index in [4.69, 9.17) is 0 Å². The van der Waals surface area contributed by atoms with E-state index in [0.29, 0.717) is 12.4 Å². The summed E-state index contributed by atoms with van der Waals surface area (Å²) in [6, 6.07) is 14.7. The van der Waals surface area contributed by atoms with Crippen LogP contribution in [0.15, 0.2) is 48.5 Å². The summed E-state index contributed by atoms with van der Waals surface area (Å²) >= 11 is 0. The van der Waals surface area contributed by atoms with Crippen LogP contribution in [-0.4, -0.2) is 23.1 Å². The Morgan fingerprint density at radius 2 is 1.59 bits per heavy atom. The molecule has 0 aliphatic rings. The molecule has 0 saturated heterocycles. The second-order valence-corrected chi connectivity index (χ2v) is 6.96. The van der Waals surface area contributed by atoms with E-state index in [2.05, 4.69) is 64.5 Å². The van der Waals surface area contributed by atoms with Crippen LogP contribution in [0.5, 0.6) is 0 Å². The van der Waals surface area contributed by atoms with Gasteiger partial charge < -0.3 is 15.5 Å². The third-order valence-electron chi connectivity index (χ3n) is 4.83. The summed E-state index contributed by atoms with van der Waals surface area (Å²) in [7, 11) is 0. The fraction of sp³-hybridized carbons (Fsp3) is 0.304. The quantitative estimate of drug-likeness (QED) is 0.534. The molecule has 0 fully saturated rings. The Hall–Kier alpha value is -3.15. The van der Waals surface area contributed by atoms with Crippen molar-refractivity contribution in [3.05, 3.63) is 71.3 Å². The number of aromatic nitrogens is 2. The van der Waals surface area contributed by atoms with Crippen molar-refractivity contribution in [2.75, 3.05) is 28.6 Å². The second-order valence-electron chi connectivity index (χ2n) is 6.96. The molecule has 0 bridgehead atoms. The number of hydrogen-bond acceptors (Lipinski definition) is 5. The van der Waals surface area contributed by atoms with Crippen molar-refractivity contribution in [3.63, 3.8) is 0 Å². The second kappa shape index (κ2) is 9.37. The molecule has 0 aliphatic heterocycles. The van der Waals surface area contributed by atoms with Gasteiger partial charge in [-0.1, -0.05) is 12.1 Å². The van der Waals surface area contributed by atoms with Gasteiger partial charge in [-0.2, -0.15) is 0 Å². The molecule has 3 rings (SSSR count). The first-order valence-corrected chi connectivity index (χ1v) is 9.95. The summed E-state index contributed by atoms with van der Waals surface area (Å²) in [6.07, 6.45) is 0. The largest absolute Gasteiger partial charge is 0.372 e. The topological polar surface area (TPSA) is 53.1 Å². The Morgan fingerprint density at radius 1 is 0.897 bits per heavy atom. The summed E-state index contributed by atoms with van der Waals surface area (Å²) in [4.78, 5) is 11.3. The standard InChI is InChI=1S/C23H28FN5/c1-5-29(6-2)20-11-12-21(16(3)13-20)28-23-14-22(26-17(4)27-23)25-15-18-7-9-19(24)10-8-18/h7-14H,5-6,15H2,1-4H3,(H2,25,26,27,28). The van der Waals surface area contributed by atoms with Gasteiger partial charge in [0.25, 0.3) is 0 Å². The molecule has 0 spiro atoms. The average Bonchev–Trinajstić information content (AvgIpc) is 2.70. The number of rotatable bonds is 8. The first-order chi connectivity index (χ1) is 14.0. The van der Waals surface area contributed by atoms with E-state index in [-0.39, 0.29) is 5.82 Å². The first kappa shape index (κ1) is 20.6. The van der Waals surface area contributed by atoms with Gasteiger partial charge in [-0.3, -0.25) is 0 Å². The van der Waals surface area contributed by atoms with E-state index in [1.165, 1.54) is 17.8 Å². The number of hydrogen-bond donors (Lipinski definition) is 2. The van der Waals surface area contributed by atoms with E-state index in [9.17, 15) is 4.39 Å². The maximum Gasteiger partial charge on any atom is 0.136 e. The zero-order chi connectivity index (χ0) is 20.8. The summed E-state index contributed by atoms with van der Waals surface area (Å²) in [5, 5.41) is 6.68. The van der Waals surface area contributed by atoms with Crippen molar-refractivity contribution in [2.24, 2.45) is 0 Å². The van der Waals surface area contributed by atoms with E-state index in [1.807, 2.05) is 13.0 Å². The molecule has 6 heteroatoms. The van der Waals surface area contributed by atoms with Crippen LogP contribution in [0.4, 0.5) is 27.4 Å². The number of nitrogens with zero attached hydrogens (tertiary/aromatic N) is 3. The van der Waals surface area contributed by atoms with Gasteiger partial charge in [-0.15, -0.1) is 0 Å². The Bertz CT molecular complexity index is 952. The molecule has 5 nitrogen and oxygen atoms in total. The number of nitrogens with one attached hydrogen (secondary N) is 2. The smallest absolute Gasteiger partial charge is 0.136 e. The van der Waals surface area contributed by atoms with Crippen LogP contribution in [0.2, 0.25) is 0 Å². The van der Waals surface area contributed by atoms with Crippen LogP contribution in [0, 0.1) is 19.7 Å². The van der Waals surface area contributed by atoms with Gasteiger partial charge in [-0.25, -0.2) is 14.4 Å². The van der Waals surface area contributed by atoms with Crippen LogP contribution in [0.1, 0.15) is 30.8 Å². The molecule has 3 aromatic rings. The number of halogens is 1. The maximum atomic E-state index is 13.1. The lowest BCUT2D eigenvalue weighted by atomic mass is 10.1. The van der Waals surface area contributed by atoms with Crippen molar-refractivity contribution in [2.45, 2.75) is 34.2 Å². The SMILES string of the molecule is CCN(CC)c1ccc(Nc2cc(NCc3ccc(F)cc3)nc(C)n2)c(C)c1. The molecule has 0 unspecified atom stereocenters. The Morgan fingerprint density at radius 3 is 2.24 bits per heavy atom. The van der Waals surface area contributed by atoms with Crippen LogP contribution < -0.4 is 15.5 Å². The normalized spacial score (nSPS) is 10.7. The molecular formula is C23H28FN5. The number of benzene rings is 2. The van der Waals surface area contributed by atoms with Gasteiger partial charge >= 0.3 is 0 Å². The van der Waals surface area contributed by atoms with Gasteiger partial charge in [0, 0.05) is 37.1 Å². The minimum absolute atomic E-state index is 0.236. The number of anilines is 4. The van der Waals surface area contributed by atoms with E-state index in [1.54, 1.807) is 12.1 Å². The highest BCUT2D eigenvalue weighted by molar-refractivity contribution is 5.66. The number of aryl methyl sites for hydroxylation is 2. The molecule has 152 valence electrons. The first-order valence-electron chi connectivity index (χ1n) is 9.95. The summed E-state index contributed by atoms with van der Waals surface area (Å²) in [6.45, 7) is 10.8. The van der Waals surface area contributed by atoms with E-state index in [0.717, 1.165) is 41.5 Å². The lowest BCUT2D eigenvalue weighted by molar-refractivity contribution is 0.627. The van der Waals surface area contributed by atoms with Gasteiger partial charge in [0.15, 0.2) is 0 Å². The lowest BCUT2D eigenvalue weighted by Crippen LogP contribution is -2.21. The van der Waals surface area contributed by atoms with Crippen LogP contribution >= 0.6 is 0 Å². The van der Waals surface area contributed by atoms with Crippen molar-refractivity contribution in [3.8, 4) is 0 Å². The van der Waals surface area contributed by atoms with Gasteiger partial charge in [0.05, 0.1) is 0 Å². The van der Waals surface area contributed by atoms with Crippen LogP contribution in [0.25, 0.3) is 0 Å². The molecule has 0 atom stereocenters. The van der Waals surface area contributed by atoms with Gasteiger partial charge in [-0.05, 0) is 69.2 Å². The summed E-state index contributed by atoms with van der Waals surface area (Å²) < 4.78 is 13.1. The predicted octanol–water partition coefficient (Wildman–Crippen LogP) is 5.43. The maximum absolute atomic E-state index is 13.1. The Kier molecular flexibility index (Phi) is 6.65. The summed E-state index contributed by atoms with van der Waals surface area (Å²) in [5.74, 6) is 1.90.